The van der Waals surface area contributed by atoms with Crippen LogP contribution in [0.5, 0.6) is 5.75 Å². The number of carbonyl (C=O) groups is 2. The number of anilines is 1. The van der Waals surface area contributed by atoms with Crippen LogP contribution in [0.25, 0.3) is 0 Å². The van der Waals surface area contributed by atoms with E-state index >= 15 is 0 Å². The number of carbonyl (C=O) groups excluding carboxylic acids is 2. The fraction of sp³-hybridized carbons (Fsp3) is 0.235. The number of hydrogen-bond acceptors (Lipinski definition) is 5. The summed E-state index contributed by atoms with van der Waals surface area (Å²) in [6, 6.07) is 27.6. The number of ether oxygens (including phenoxy) is 1. The number of hydrogen-bond donors (Lipinski definition) is 1. The molecule has 0 radical (unpaired) electrons. The second-order valence-electron chi connectivity index (χ2n) is 10.3. The zero-order valence-electron chi connectivity index (χ0n) is 25.0. The topological polar surface area (TPSA) is 96.0 Å². The molecule has 2 amide bonds. The lowest BCUT2D eigenvalue weighted by molar-refractivity contribution is -0.140. The molecule has 0 aliphatic rings. The normalized spacial score (nSPS) is 11.8. The minimum atomic E-state index is -4.28. The highest BCUT2D eigenvalue weighted by Gasteiger charge is 2.35. The van der Waals surface area contributed by atoms with Gasteiger partial charge in [-0.05, 0) is 66.1 Å². The molecule has 0 aromatic heterocycles. The number of rotatable bonds is 14. The minimum absolute atomic E-state index is 0.0263. The van der Waals surface area contributed by atoms with E-state index in [1.165, 1.54) is 42.3 Å². The van der Waals surface area contributed by atoms with E-state index in [9.17, 15) is 18.0 Å². The second-order valence-corrected chi connectivity index (χ2v) is 13.0. The van der Waals surface area contributed by atoms with Gasteiger partial charge in [0.25, 0.3) is 10.0 Å². The van der Waals surface area contributed by atoms with Crippen molar-refractivity contribution in [2.45, 2.75) is 37.2 Å². The summed E-state index contributed by atoms with van der Waals surface area (Å²) >= 11 is 12.8. The van der Waals surface area contributed by atoms with Crippen molar-refractivity contribution in [3.05, 3.63) is 124 Å². The highest BCUT2D eigenvalue weighted by molar-refractivity contribution is 7.92. The van der Waals surface area contributed by atoms with E-state index in [0.717, 1.165) is 9.87 Å². The zero-order chi connectivity index (χ0) is 32.4. The lowest BCUT2D eigenvalue weighted by Gasteiger charge is -2.34. The molecule has 0 aliphatic carbocycles. The molecule has 0 fully saturated rings. The Morgan fingerprint density at radius 1 is 0.889 bits per heavy atom. The molecule has 1 N–H and O–H groups in total. The first-order valence-corrected chi connectivity index (χ1v) is 16.6. The summed E-state index contributed by atoms with van der Waals surface area (Å²) in [4.78, 5) is 29.5. The Kier molecular flexibility index (Phi) is 11.9. The molecule has 4 aromatic rings. The predicted octanol–water partition coefficient (Wildman–Crippen LogP) is 6.36. The molecule has 0 bridgehead atoms. The molecule has 0 heterocycles. The molecule has 4 rings (SSSR count). The van der Waals surface area contributed by atoms with Crippen molar-refractivity contribution in [1.29, 1.82) is 0 Å². The first kappa shape index (κ1) is 33.8. The van der Waals surface area contributed by atoms with Gasteiger partial charge < -0.3 is 15.0 Å². The van der Waals surface area contributed by atoms with Crippen LogP contribution < -0.4 is 14.4 Å². The van der Waals surface area contributed by atoms with Gasteiger partial charge in [0.1, 0.15) is 18.3 Å². The first-order chi connectivity index (χ1) is 21.6. The van der Waals surface area contributed by atoms with Crippen molar-refractivity contribution < 1.29 is 22.7 Å². The zero-order valence-corrected chi connectivity index (χ0v) is 27.4. The van der Waals surface area contributed by atoms with Crippen LogP contribution in [-0.2, 0) is 32.6 Å². The SMILES string of the molecule is CCCNC(=O)C(Cc1ccccc1)N(Cc1ccccc1Cl)C(=O)CN(c1cccc(Cl)c1)S(=O)(=O)c1ccc(OC)cc1. The van der Waals surface area contributed by atoms with Gasteiger partial charge >= 0.3 is 0 Å². The van der Waals surface area contributed by atoms with Crippen LogP contribution in [0.4, 0.5) is 5.69 Å². The molecule has 236 valence electrons. The van der Waals surface area contributed by atoms with E-state index in [1.54, 1.807) is 42.5 Å². The predicted molar refractivity (Wildman–Crippen MR) is 178 cm³/mol. The Morgan fingerprint density at radius 3 is 2.22 bits per heavy atom. The summed E-state index contributed by atoms with van der Waals surface area (Å²) in [5, 5.41) is 3.63. The Balaban J connectivity index is 1.80. The summed E-state index contributed by atoms with van der Waals surface area (Å²) in [5.41, 5.74) is 1.64. The highest BCUT2D eigenvalue weighted by Crippen LogP contribution is 2.28. The molecule has 4 aromatic carbocycles. The van der Waals surface area contributed by atoms with E-state index in [4.69, 9.17) is 27.9 Å². The van der Waals surface area contributed by atoms with Crippen molar-refractivity contribution in [3.8, 4) is 5.75 Å². The number of nitrogens with one attached hydrogen (secondary N) is 1. The summed E-state index contributed by atoms with van der Waals surface area (Å²) in [5.74, 6) is -0.472. The van der Waals surface area contributed by atoms with E-state index in [-0.39, 0.29) is 29.5 Å². The van der Waals surface area contributed by atoms with Gasteiger partial charge in [-0.15, -0.1) is 0 Å². The molecule has 11 heteroatoms. The fourth-order valence-corrected chi connectivity index (χ4v) is 6.55. The van der Waals surface area contributed by atoms with Crippen LogP contribution in [0, 0.1) is 0 Å². The molecule has 0 aliphatic heterocycles. The molecular weight excluding hydrogens is 633 g/mol. The van der Waals surface area contributed by atoms with Gasteiger partial charge in [0.15, 0.2) is 0 Å². The Morgan fingerprint density at radius 2 is 1.58 bits per heavy atom. The van der Waals surface area contributed by atoms with Gasteiger partial charge in [-0.25, -0.2) is 8.42 Å². The van der Waals surface area contributed by atoms with E-state index < -0.39 is 28.5 Å². The molecule has 8 nitrogen and oxygen atoms in total. The molecule has 0 saturated carbocycles. The third-order valence-corrected chi connectivity index (χ3v) is 9.53. The van der Waals surface area contributed by atoms with Gasteiger partial charge in [0.2, 0.25) is 11.8 Å². The van der Waals surface area contributed by atoms with Crippen LogP contribution in [0.1, 0.15) is 24.5 Å². The number of nitrogens with zero attached hydrogens (tertiary/aromatic N) is 2. The number of amides is 2. The standard InChI is InChI=1S/C34H35Cl2N3O5S/c1-3-20-37-34(41)32(21-25-10-5-4-6-11-25)38(23-26-12-7-8-15-31(26)36)33(40)24-39(28-14-9-13-27(35)22-28)45(42,43)30-18-16-29(44-2)17-19-30/h4-19,22,32H,3,20-21,23-24H2,1-2H3,(H,37,41). The van der Waals surface area contributed by atoms with Crippen LogP contribution >= 0.6 is 23.2 Å². The van der Waals surface area contributed by atoms with Crippen molar-refractivity contribution in [2.24, 2.45) is 0 Å². The maximum absolute atomic E-state index is 14.5. The monoisotopic (exact) mass is 667 g/mol. The molecule has 1 unspecified atom stereocenters. The maximum atomic E-state index is 14.5. The third-order valence-electron chi connectivity index (χ3n) is 7.14. The van der Waals surface area contributed by atoms with E-state index in [2.05, 4.69) is 5.32 Å². The summed E-state index contributed by atoms with van der Waals surface area (Å²) < 4.78 is 34.4. The minimum Gasteiger partial charge on any atom is -0.497 e. The summed E-state index contributed by atoms with van der Waals surface area (Å²) in [6.07, 6.45) is 0.903. The van der Waals surface area contributed by atoms with Crippen LogP contribution in [0.15, 0.2) is 108 Å². The van der Waals surface area contributed by atoms with E-state index in [0.29, 0.717) is 34.3 Å². The van der Waals surface area contributed by atoms with Gasteiger partial charge in [0.05, 0.1) is 17.7 Å². The van der Waals surface area contributed by atoms with Crippen LogP contribution in [0.2, 0.25) is 10.0 Å². The summed E-state index contributed by atoms with van der Waals surface area (Å²) in [7, 11) is -2.80. The van der Waals surface area contributed by atoms with Crippen molar-refractivity contribution >= 4 is 50.7 Å². The number of benzene rings is 4. The highest BCUT2D eigenvalue weighted by atomic mass is 35.5. The smallest absolute Gasteiger partial charge is 0.264 e. The fourth-order valence-electron chi connectivity index (χ4n) is 4.77. The van der Waals surface area contributed by atoms with E-state index in [1.807, 2.05) is 37.3 Å². The number of halogens is 2. The number of sulfonamides is 1. The second kappa shape index (κ2) is 15.8. The van der Waals surface area contributed by atoms with Gasteiger partial charge in [-0.2, -0.15) is 0 Å². The van der Waals surface area contributed by atoms with Crippen LogP contribution in [0.3, 0.4) is 0 Å². The molecule has 45 heavy (non-hydrogen) atoms. The third kappa shape index (κ3) is 8.78. The largest absolute Gasteiger partial charge is 0.497 e. The molecule has 0 spiro atoms. The molecule has 0 saturated heterocycles. The molecular formula is C34H35Cl2N3O5S. The van der Waals surface area contributed by atoms with Gasteiger partial charge in [-0.3, -0.25) is 13.9 Å². The van der Waals surface area contributed by atoms with Crippen molar-refractivity contribution in [2.75, 3.05) is 24.5 Å². The lowest BCUT2D eigenvalue weighted by Crippen LogP contribution is -2.53. The molecule has 1 atom stereocenters. The van der Waals surface area contributed by atoms with Crippen LogP contribution in [-0.4, -0.2) is 51.4 Å². The van der Waals surface area contributed by atoms with Gasteiger partial charge in [0, 0.05) is 29.6 Å². The lowest BCUT2D eigenvalue weighted by atomic mass is 10.0. The Bertz CT molecular complexity index is 1700. The van der Waals surface area contributed by atoms with Gasteiger partial charge in [-0.1, -0.05) is 84.7 Å². The Hall–Kier alpha value is -4.05. The average molecular weight is 669 g/mol. The maximum Gasteiger partial charge on any atom is 0.264 e. The first-order valence-electron chi connectivity index (χ1n) is 14.4. The van der Waals surface area contributed by atoms with Crippen molar-refractivity contribution in [1.82, 2.24) is 10.2 Å². The van der Waals surface area contributed by atoms with Crippen molar-refractivity contribution in [3.63, 3.8) is 0 Å². The number of methoxy groups -OCH3 is 1. The summed E-state index contributed by atoms with van der Waals surface area (Å²) in [6.45, 7) is 1.72. The Labute approximate surface area is 274 Å². The average Bonchev–Trinajstić information content (AvgIpc) is 3.05. The quantitative estimate of drug-likeness (QED) is 0.169.